The molecule has 1 rings (SSSR count). The van der Waals surface area contributed by atoms with Crippen molar-refractivity contribution in [3.05, 3.63) is 0 Å². The Labute approximate surface area is 85.5 Å². The Morgan fingerprint density at radius 1 is 1.21 bits per heavy atom. The van der Waals surface area contributed by atoms with Gasteiger partial charge in [0.2, 0.25) is 0 Å². The quantitative estimate of drug-likeness (QED) is 0.429. The maximum atomic E-state index is 10.1. The van der Waals surface area contributed by atoms with Crippen LogP contribution in [0.4, 0.5) is 4.79 Å². The number of carbonyl (C=O) groups is 1. The van der Waals surface area contributed by atoms with Crippen molar-refractivity contribution < 1.29 is 14.6 Å². The topological polar surface area (TPSA) is 46.5 Å². The van der Waals surface area contributed by atoms with Gasteiger partial charge in [0, 0.05) is 0 Å². The molecule has 82 valence electrons. The molecular weight excluding hydrogens is 180 g/mol. The van der Waals surface area contributed by atoms with E-state index >= 15 is 0 Å². The van der Waals surface area contributed by atoms with Gasteiger partial charge >= 0.3 is 6.16 Å². The highest BCUT2D eigenvalue weighted by Crippen LogP contribution is 2.26. The molecule has 0 amide bonds. The Kier molecular flexibility index (Phi) is 5.42. The highest BCUT2D eigenvalue weighted by atomic mass is 16.7. The minimum absolute atomic E-state index is 0.367. The van der Waals surface area contributed by atoms with Crippen molar-refractivity contribution in [3.8, 4) is 0 Å². The second kappa shape index (κ2) is 6.68. The van der Waals surface area contributed by atoms with Crippen LogP contribution in [0.5, 0.6) is 0 Å². The summed E-state index contributed by atoms with van der Waals surface area (Å²) in [6.07, 6.45) is 8.98. The second-order valence-electron chi connectivity index (χ2n) is 4.11. The van der Waals surface area contributed by atoms with E-state index in [1.165, 1.54) is 38.5 Å². The minimum Gasteiger partial charge on any atom is -0.450 e. The van der Waals surface area contributed by atoms with Crippen LogP contribution >= 0.6 is 0 Å². The maximum Gasteiger partial charge on any atom is 0.505 e. The highest BCUT2D eigenvalue weighted by molar-refractivity contribution is 5.56. The molecule has 0 radical (unpaired) electrons. The second-order valence-corrected chi connectivity index (χ2v) is 4.11. The van der Waals surface area contributed by atoms with Gasteiger partial charge in [-0.05, 0) is 18.8 Å². The van der Waals surface area contributed by atoms with Gasteiger partial charge in [0.25, 0.3) is 0 Å². The molecule has 14 heavy (non-hydrogen) atoms. The summed E-state index contributed by atoms with van der Waals surface area (Å²) in [5.74, 6) is 0.815. The van der Waals surface area contributed by atoms with Crippen molar-refractivity contribution in [2.45, 2.75) is 51.4 Å². The lowest BCUT2D eigenvalue weighted by atomic mass is 9.95. The van der Waals surface area contributed by atoms with E-state index in [1.54, 1.807) is 0 Å². The average Bonchev–Trinajstić information content (AvgIpc) is 2.40. The summed E-state index contributed by atoms with van der Waals surface area (Å²) in [5, 5.41) is 8.27. The monoisotopic (exact) mass is 200 g/mol. The van der Waals surface area contributed by atoms with Crippen molar-refractivity contribution in [2.24, 2.45) is 5.92 Å². The number of rotatable bonds is 4. The summed E-state index contributed by atoms with van der Waals surface area (Å²) < 4.78 is 4.48. The third kappa shape index (κ3) is 5.10. The van der Waals surface area contributed by atoms with Crippen LogP contribution in [0.2, 0.25) is 0 Å². The molecule has 1 N–H and O–H groups in total. The normalized spacial score (nSPS) is 18.9. The molecule has 0 aromatic carbocycles. The Bertz CT molecular complexity index is 160. The first kappa shape index (κ1) is 11.3. The summed E-state index contributed by atoms with van der Waals surface area (Å²) in [5.41, 5.74) is 0. The van der Waals surface area contributed by atoms with Gasteiger partial charge in [0.1, 0.15) is 0 Å². The Balaban J connectivity index is 2.01. The Morgan fingerprint density at radius 2 is 1.86 bits per heavy atom. The standard InChI is InChI=1S/C11H20O3/c12-11(13)14-9-5-8-10-6-3-1-2-4-7-10/h10H,1-9H2,(H,12,13). The first-order valence-electron chi connectivity index (χ1n) is 5.65. The first-order valence-corrected chi connectivity index (χ1v) is 5.65. The van der Waals surface area contributed by atoms with Crippen molar-refractivity contribution in [3.63, 3.8) is 0 Å². The van der Waals surface area contributed by atoms with Crippen LogP contribution in [0, 0.1) is 5.92 Å². The third-order valence-corrected chi connectivity index (χ3v) is 2.96. The fourth-order valence-corrected chi connectivity index (χ4v) is 2.18. The lowest BCUT2D eigenvalue weighted by molar-refractivity contribution is 0.0886. The van der Waals surface area contributed by atoms with Crippen LogP contribution in [-0.4, -0.2) is 17.9 Å². The average molecular weight is 200 g/mol. The molecule has 0 saturated heterocycles. The van der Waals surface area contributed by atoms with E-state index in [2.05, 4.69) is 4.74 Å². The van der Waals surface area contributed by atoms with E-state index in [0.29, 0.717) is 6.61 Å². The molecule has 0 heterocycles. The molecular formula is C11H20O3. The van der Waals surface area contributed by atoms with Gasteiger partial charge in [-0.1, -0.05) is 38.5 Å². The van der Waals surface area contributed by atoms with E-state index in [9.17, 15) is 4.79 Å². The Morgan fingerprint density at radius 3 is 2.43 bits per heavy atom. The third-order valence-electron chi connectivity index (χ3n) is 2.96. The lowest BCUT2D eigenvalue weighted by Crippen LogP contribution is -2.05. The van der Waals surface area contributed by atoms with Crippen LogP contribution in [0.25, 0.3) is 0 Å². The molecule has 0 atom stereocenters. The van der Waals surface area contributed by atoms with E-state index in [0.717, 1.165) is 18.8 Å². The van der Waals surface area contributed by atoms with Crippen molar-refractivity contribution in [1.29, 1.82) is 0 Å². The predicted molar refractivity (Wildman–Crippen MR) is 54.4 cm³/mol. The van der Waals surface area contributed by atoms with Gasteiger partial charge in [-0.3, -0.25) is 0 Å². The highest BCUT2D eigenvalue weighted by Gasteiger charge is 2.11. The predicted octanol–water partition coefficient (Wildman–Crippen LogP) is 3.43. The van der Waals surface area contributed by atoms with Crippen molar-refractivity contribution in [2.75, 3.05) is 6.61 Å². The number of carboxylic acid groups (broad SMARTS) is 1. The summed E-state index contributed by atoms with van der Waals surface area (Å²) in [6, 6.07) is 0. The summed E-state index contributed by atoms with van der Waals surface area (Å²) in [7, 11) is 0. The zero-order valence-electron chi connectivity index (χ0n) is 8.71. The van der Waals surface area contributed by atoms with Crippen molar-refractivity contribution >= 4 is 6.16 Å². The lowest BCUT2D eigenvalue weighted by Gasteiger charge is -2.12. The van der Waals surface area contributed by atoms with Gasteiger partial charge in [-0.2, -0.15) is 0 Å². The number of ether oxygens (including phenoxy) is 1. The fraction of sp³-hybridized carbons (Fsp3) is 0.909. The molecule has 0 aromatic heterocycles. The molecule has 1 saturated carbocycles. The van der Waals surface area contributed by atoms with E-state index < -0.39 is 6.16 Å². The molecule has 0 unspecified atom stereocenters. The first-order chi connectivity index (χ1) is 6.79. The van der Waals surface area contributed by atoms with E-state index in [-0.39, 0.29) is 0 Å². The SMILES string of the molecule is O=C(O)OCCCC1CCCCCC1. The van der Waals surface area contributed by atoms with Gasteiger partial charge in [-0.15, -0.1) is 0 Å². The summed E-state index contributed by atoms with van der Waals surface area (Å²) in [4.78, 5) is 10.1. The van der Waals surface area contributed by atoms with Crippen LogP contribution in [-0.2, 0) is 4.74 Å². The summed E-state index contributed by atoms with van der Waals surface area (Å²) in [6.45, 7) is 0.367. The zero-order valence-corrected chi connectivity index (χ0v) is 8.71. The molecule has 0 bridgehead atoms. The molecule has 3 nitrogen and oxygen atoms in total. The van der Waals surface area contributed by atoms with Crippen LogP contribution < -0.4 is 0 Å². The molecule has 1 aliphatic carbocycles. The van der Waals surface area contributed by atoms with Gasteiger partial charge in [-0.25, -0.2) is 4.79 Å². The van der Waals surface area contributed by atoms with Gasteiger partial charge in [0.05, 0.1) is 6.61 Å². The maximum absolute atomic E-state index is 10.1. The van der Waals surface area contributed by atoms with E-state index in [1.807, 2.05) is 0 Å². The fourth-order valence-electron chi connectivity index (χ4n) is 2.18. The van der Waals surface area contributed by atoms with Crippen molar-refractivity contribution in [1.82, 2.24) is 0 Å². The minimum atomic E-state index is -1.15. The van der Waals surface area contributed by atoms with Gasteiger partial charge in [0.15, 0.2) is 0 Å². The molecule has 3 heteroatoms. The largest absolute Gasteiger partial charge is 0.505 e. The smallest absolute Gasteiger partial charge is 0.450 e. The van der Waals surface area contributed by atoms with Crippen LogP contribution in [0.15, 0.2) is 0 Å². The molecule has 0 spiro atoms. The van der Waals surface area contributed by atoms with E-state index in [4.69, 9.17) is 5.11 Å². The van der Waals surface area contributed by atoms with Crippen LogP contribution in [0.3, 0.4) is 0 Å². The number of hydrogen-bond donors (Lipinski definition) is 1. The van der Waals surface area contributed by atoms with Crippen LogP contribution in [0.1, 0.15) is 51.4 Å². The molecule has 1 aliphatic rings. The molecule has 0 aliphatic heterocycles. The molecule has 1 fully saturated rings. The Hall–Kier alpha value is -0.730. The van der Waals surface area contributed by atoms with Gasteiger partial charge < -0.3 is 9.84 Å². The number of hydrogen-bond acceptors (Lipinski definition) is 2. The zero-order chi connectivity index (χ0) is 10.2. The summed E-state index contributed by atoms with van der Waals surface area (Å²) >= 11 is 0. The molecule has 0 aromatic rings.